The van der Waals surface area contributed by atoms with Crippen LogP contribution in [0.2, 0.25) is 0 Å². The molecule has 4 nitrogen and oxygen atoms in total. The predicted octanol–water partition coefficient (Wildman–Crippen LogP) is 1.93. The number of hydrogen-bond acceptors (Lipinski definition) is 3. The molecule has 0 aliphatic carbocycles. The number of carbonyl (C=O) groups is 1. The van der Waals surface area contributed by atoms with Crippen LogP contribution in [-0.4, -0.2) is 37.5 Å². The monoisotopic (exact) mass is 218 g/mol. The number of carboxylic acids is 1. The molecule has 0 heterocycles. The summed E-state index contributed by atoms with van der Waals surface area (Å²) in [5, 5.41) is 8.87. The minimum absolute atomic E-state index is 0.0722. The summed E-state index contributed by atoms with van der Waals surface area (Å²) >= 11 is 0. The van der Waals surface area contributed by atoms with Gasteiger partial charge in [0.05, 0.1) is 18.1 Å². The molecule has 0 aromatic rings. The van der Waals surface area contributed by atoms with Gasteiger partial charge in [-0.2, -0.15) is 0 Å². The van der Waals surface area contributed by atoms with Crippen molar-refractivity contribution in [3.05, 3.63) is 0 Å². The van der Waals surface area contributed by atoms with Crippen LogP contribution in [0.5, 0.6) is 0 Å². The highest BCUT2D eigenvalue weighted by Crippen LogP contribution is 2.22. The van der Waals surface area contributed by atoms with Gasteiger partial charge in [-0.1, -0.05) is 0 Å². The van der Waals surface area contributed by atoms with E-state index in [-0.39, 0.29) is 6.10 Å². The lowest BCUT2D eigenvalue weighted by Crippen LogP contribution is -2.24. The Kier molecular flexibility index (Phi) is 6.52. The van der Waals surface area contributed by atoms with Crippen LogP contribution in [0.15, 0.2) is 0 Å². The van der Waals surface area contributed by atoms with E-state index in [4.69, 9.17) is 14.6 Å². The molecule has 1 unspecified atom stereocenters. The van der Waals surface area contributed by atoms with Gasteiger partial charge in [-0.15, -0.1) is 0 Å². The number of rotatable bonds is 8. The Morgan fingerprint density at radius 2 is 2.07 bits per heavy atom. The second-order valence-electron chi connectivity index (χ2n) is 4.43. The van der Waals surface area contributed by atoms with Crippen molar-refractivity contribution >= 4 is 5.97 Å². The Labute approximate surface area is 91.6 Å². The van der Waals surface area contributed by atoms with Crippen molar-refractivity contribution < 1.29 is 19.4 Å². The molecule has 0 saturated carbocycles. The molecule has 0 spiro atoms. The van der Waals surface area contributed by atoms with Crippen molar-refractivity contribution in [3.63, 3.8) is 0 Å². The highest BCUT2D eigenvalue weighted by molar-refractivity contribution is 5.73. The van der Waals surface area contributed by atoms with E-state index in [2.05, 4.69) is 0 Å². The number of aliphatic carboxylic acids is 1. The van der Waals surface area contributed by atoms with E-state index < -0.39 is 11.4 Å². The van der Waals surface area contributed by atoms with Gasteiger partial charge in [0.25, 0.3) is 0 Å². The summed E-state index contributed by atoms with van der Waals surface area (Å²) in [4.78, 5) is 10.8. The van der Waals surface area contributed by atoms with Crippen LogP contribution in [0.4, 0.5) is 0 Å². The van der Waals surface area contributed by atoms with Gasteiger partial charge in [0.1, 0.15) is 0 Å². The lowest BCUT2D eigenvalue weighted by Gasteiger charge is -2.19. The van der Waals surface area contributed by atoms with Gasteiger partial charge in [0.2, 0.25) is 0 Å². The van der Waals surface area contributed by atoms with Crippen LogP contribution in [0.25, 0.3) is 0 Å². The quantitative estimate of drug-likeness (QED) is 0.632. The molecular weight excluding hydrogens is 196 g/mol. The number of carboxylic acid groups (broad SMARTS) is 1. The zero-order valence-corrected chi connectivity index (χ0v) is 10.1. The zero-order chi connectivity index (χ0) is 11.9. The summed E-state index contributed by atoms with van der Waals surface area (Å²) in [5.41, 5.74) is -0.659. The molecule has 1 N–H and O–H groups in total. The summed E-state index contributed by atoms with van der Waals surface area (Å²) in [5.74, 6) is -0.757. The van der Waals surface area contributed by atoms with Gasteiger partial charge in [-0.3, -0.25) is 4.79 Å². The normalized spacial score (nSPS) is 13.9. The molecule has 0 bridgehead atoms. The van der Waals surface area contributed by atoms with Gasteiger partial charge < -0.3 is 14.6 Å². The molecule has 1 atom stereocenters. The molecule has 0 radical (unpaired) electrons. The molecule has 15 heavy (non-hydrogen) atoms. The third-order valence-electron chi connectivity index (χ3n) is 2.33. The average molecular weight is 218 g/mol. The molecule has 0 saturated heterocycles. The van der Waals surface area contributed by atoms with E-state index in [0.29, 0.717) is 19.6 Å². The second kappa shape index (κ2) is 6.80. The molecule has 0 aromatic heterocycles. The number of methoxy groups -OCH3 is 1. The van der Waals surface area contributed by atoms with Crippen LogP contribution < -0.4 is 0 Å². The summed E-state index contributed by atoms with van der Waals surface area (Å²) in [6, 6.07) is 0. The summed E-state index contributed by atoms with van der Waals surface area (Å²) in [7, 11) is 1.63. The SMILES string of the molecule is COCC(C)OCCCC(C)(C)C(=O)O. The minimum atomic E-state index is -0.757. The molecule has 0 fully saturated rings. The van der Waals surface area contributed by atoms with Crippen molar-refractivity contribution in [1.29, 1.82) is 0 Å². The Morgan fingerprint density at radius 3 is 2.53 bits per heavy atom. The highest BCUT2D eigenvalue weighted by atomic mass is 16.5. The topological polar surface area (TPSA) is 55.8 Å². The molecule has 0 amide bonds. The van der Waals surface area contributed by atoms with Gasteiger partial charge >= 0.3 is 5.97 Å². The standard InChI is InChI=1S/C11H22O4/c1-9(8-14-4)15-7-5-6-11(2,3)10(12)13/h9H,5-8H2,1-4H3,(H,12,13). The highest BCUT2D eigenvalue weighted by Gasteiger charge is 2.26. The van der Waals surface area contributed by atoms with E-state index in [1.165, 1.54) is 0 Å². The van der Waals surface area contributed by atoms with E-state index in [9.17, 15) is 4.79 Å². The van der Waals surface area contributed by atoms with Crippen LogP contribution in [0.3, 0.4) is 0 Å². The smallest absolute Gasteiger partial charge is 0.309 e. The number of hydrogen-bond donors (Lipinski definition) is 1. The first-order valence-corrected chi connectivity index (χ1v) is 5.24. The first kappa shape index (κ1) is 14.4. The van der Waals surface area contributed by atoms with Gasteiger partial charge in [0, 0.05) is 13.7 Å². The van der Waals surface area contributed by atoms with Crippen molar-refractivity contribution in [1.82, 2.24) is 0 Å². The lowest BCUT2D eigenvalue weighted by atomic mass is 9.88. The fourth-order valence-corrected chi connectivity index (χ4v) is 1.19. The van der Waals surface area contributed by atoms with Gasteiger partial charge in [0.15, 0.2) is 0 Å². The van der Waals surface area contributed by atoms with E-state index >= 15 is 0 Å². The van der Waals surface area contributed by atoms with Gasteiger partial charge in [-0.25, -0.2) is 0 Å². The third-order valence-corrected chi connectivity index (χ3v) is 2.33. The Morgan fingerprint density at radius 1 is 1.47 bits per heavy atom. The molecule has 0 aliphatic rings. The maximum Gasteiger partial charge on any atom is 0.309 e. The maximum atomic E-state index is 10.8. The Bertz CT molecular complexity index is 189. The largest absolute Gasteiger partial charge is 0.481 e. The van der Waals surface area contributed by atoms with Crippen LogP contribution in [-0.2, 0) is 14.3 Å². The van der Waals surface area contributed by atoms with E-state index in [1.807, 2.05) is 6.92 Å². The lowest BCUT2D eigenvalue weighted by molar-refractivity contribution is -0.147. The Balaban J connectivity index is 3.58. The first-order chi connectivity index (χ1) is 6.90. The molecule has 0 aliphatic heterocycles. The van der Waals surface area contributed by atoms with Gasteiger partial charge in [-0.05, 0) is 33.6 Å². The minimum Gasteiger partial charge on any atom is -0.481 e. The zero-order valence-electron chi connectivity index (χ0n) is 10.1. The van der Waals surface area contributed by atoms with Crippen LogP contribution >= 0.6 is 0 Å². The second-order valence-corrected chi connectivity index (χ2v) is 4.43. The third kappa shape index (κ3) is 6.47. The first-order valence-electron chi connectivity index (χ1n) is 5.24. The number of ether oxygens (including phenoxy) is 2. The fourth-order valence-electron chi connectivity index (χ4n) is 1.19. The van der Waals surface area contributed by atoms with Crippen molar-refractivity contribution in [2.45, 2.75) is 39.7 Å². The van der Waals surface area contributed by atoms with Crippen molar-refractivity contribution in [2.75, 3.05) is 20.3 Å². The molecule has 4 heteroatoms. The molecule has 0 rings (SSSR count). The summed E-state index contributed by atoms with van der Waals surface area (Å²) in [6.07, 6.45) is 1.46. The fraction of sp³-hybridized carbons (Fsp3) is 0.909. The Hall–Kier alpha value is -0.610. The van der Waals surface area contributed by atoms with Crippen molar-refractivity contribution in [2.24, 2.45) is 5.41 Å². The average Bonchev–Trinajstić information content (AvgIpc) is 2.13. The van der Waals surface area contributed by atoms with Crippen molar-refractivity contribution in [3.8, 4) is 0 Å². The summed E-state index contributed by atoms with van der Waals surface area (Å²) in [6.45, 7) is 6.55. The van der Waals surface area contributed by atoms with E-state index in [0.717, 1.165) is 6.42 Å². The van der Waals surface area contributed by atoms with Crippen LogP contribution in [0, 0.1) is 5.41 Å². The predicted molar refractivity (Wildman–Crippen MR) is 57.9 cm³/mol. The molecular formula is C11H22O4. The van der Waals surface area contributed by atoms with E-state index in [1.54, 1.807) is 21.0 Å². The molecule has 0 aromatic carbocycles. The van der Waals surface area contributed by atoms with Crippen LogP contribution in [0.1, 0.15) is 33.6 Å². The molecule has 90 valence electrons. The maximum absolute atomic E-state index is 10.8. The summed E-state index contributed by atoms with van der Waals surface area (Å²) < 4.78 is 10.4.